The molecule has 2 aromatic rings. The molecule has 172 valence electrons. The highest BCUT2D eigenvalue weighted by molar-refractivity contribution is 7.88. The van der Waals surface area contributed by atoms with E-state index in [4.69, 9.17) is 0 Å². The molecular weight excluding hydrogens is 465 g/mol. The van der Waals surface area contributed by atoms with Crippen LogP contribution in [0.1, 0.15) is 37.4 Å². The van der Waals surface area contributed by atoms with Crippen LogP contribution in [-0.2, 0) is 21.9 Å². The number of aromatic nitrogens is 3. The quantitative estimate of drug-likeness (QED) is 0.649. The molecule has 3 rings (SSSR count). The van der Waals surface area contributed by atoms with E-state index < -0.39 is 49.0 Å². The van der Waals surface area contributed by atoms with Gasteiger partial charge in [-0.15, -0.1) is 11.3 Å². The number of alkyl halides is 4. The van der Waals surface area contributed by atoms with Gasteiger partial charge in [0.25, 0.3) is 0 Å². The van der Waals surface area contributed by atoms with Crippen molar-refractivity contribution in [3.8, 4) is 10.6 Å². The van der Waals surface area contributed by atoms with Crippen LogP contribution in [0, 0.1) is 5.82 Å². The monoisotopic (exact) mass is 485 g/mol. The number of hydrogen-bond donors (Lipinski definition) is 1. The fraction of sp³-hybridized carbons (Fsp3) is 0.588. The molecule has 1 aliphatic rings. The maximum absolute atomic E-state index is 14.4. The highest BCUT2D eigenvalue weighted by atomic mass is 32.2. The van der Waals surface area contributed by atoms with Crippen molar-refractivity contribution < 1.29 is 30.4 Å². The van der Waals surface area contributed by atoms with E-state index in [1.54, 1.807) is 0 Å². The van der Waals surface area contributed by atoms with Crippen LogP contribution in [0.4, 0.5) is 27.9 Å². The highest BCUT2D eigenvalue weighted by Gasteiger charge is 2.41. The Morgan fingerprint density at radius 1 is 1.16 bits per heavy atom. The molecule has 3 heterocycles. The second-order valence-electron chi connectivity index (χ2n) is 7.64. The molecule has 1 N–H and O–H groups in total. The minimum atomic E-state index is -4.93. The number of piperidine rings is 1. The molecule has 0 radical (unpaired) electrons. The molecule has 0 bridgehead atoms. The Morgan fingerprint density at radius 2 is 1.77 bits per heavy atom. The fourth-order valence-corrected chi connectivity index (χ4v) is 4.98. The standard InChI is InChI=1S/C17H20F5N5O2S2/c1-16(2,19)14-26-13(17(20,21)22)12(30-14)11-10(18)8-23-15(25-11)24-9-4-6-27(7-5-9)31(3,28)29/h8-9H,4-7H2,1-3H3,(H,23,24,25). The van der Waals surface area contributed by atoms with Crippen LogP contribution in [0.2, 0.25) is 0 Å². The van der Waals surface area contributed by atoms with Crippen molar-refractivity contribution >= 4 is 27.3 Å². The normalized spacial score (nSPS) is 17.2. The summed E-state index contributed by atoms with van der Waals surface area (Å²) in [7, 11) is -3.32. The van der Waals surface area contributed by atoms with Crippen molar-refractivity contribution in [2.75, 3.05) is 24.7 Å². The summed E-state index contributed by atoms with van der Waals surface area (Å²) in [5.41, 5.74) is -4.20. The van der Waals surface area contributed by atoms with E-state index in [1.807, 2.05) is 0 Å². The van der Waals surface area contributed by atoms with Gasteiger partial charge in [-0.25, -0.2) is 36.5 Å². The summed E-state index contributed by atoms with van der Waals surface area (Å²) < 4.78 is 93.5. The van der Waals surface area contributed by atoms with Crippen molar-refractivity contribution in [1.82, 2.24) is 19.3 Å². The molecular formula is C17H20F5N5O2S2. The van der Waals surface area contributed by atoms with Crippen LogP contribution in [0.15, 0.2) is 6.20 Å². The summed E-state index contributed by atoms with van der Waals surface area (Å²) in [4.78, 5) is 10.4. The minimum Gasteiger partial charge on any atom is -0.351 e. The number of hydrogen-bond acceptors (Lipinski definition) is 7. The Balaban J connectivity index is 1.90. The number of sulfonamides is 1. The molecule has 0 amide bonds. The second-order valence-corrected chi connectivity index (χ2v) is 10.6. The van der Waals surface area contributed by atoms with E-state index in [-0.39, 0.29) is 25.1 Å². The molecule has 31 heavy (non-hydrogen) atoms. The van der Waals surface area contributed by atoms with Crippen molar-refractivity contribution in [2.45, 2.75) is 44.6 Å². The lowest BCUT2D eigenvalue weighted by atomic mass is 10.1. The van der Waals surface area contributed by atoms with Crippen molar-refractivity contribution in [3.05, 3.63) is 22.7 Å². The lowest BCUT2D eigenvalue weighted by Crippen LogP contribution is -2.42. The molecule has 0 spiro atoms. The fourth-order valence-electron chi connectivity index (χ4n) is 3.04. The number of nitrogens with zero attached hydrogens (tertiary/aromatic N) is 4. The van der Waals surface area contributed by atoms with E-state index in [2.05, 4.69) is 20.3 Å². The lowest BCUT2D eigenvalue weighted by molar-refractivity contribution is -0.140. The molecule has 0 atom stereocenters. The molecule has 1 saturated heterocycles. The summed E-state index contributed by atoms with van der Waals surface area (Å²) in [6.07, 6.45) is -2.26. The maximum Gasteiger partial charge on any atom is 0.434 e. The topological polar surface area (TPSA) is 88.1 Å². The van der Waals surface area contributed by atoms with E-state index in [0.29, 0.717) is 24.2 Å². The molecule has 14 heteroatoms. The molecule has 1 aliphatic heterocycles. The van der Waals surface area contributed by atoms with Gasteiger partial charge in [-0.05, 0) is 26.7 Å². The molecule has 1 fully saturated rings. The van der Waals surface area contributed by atoms with Gasteiger partial charge in [-0.3, -0.25) is 0 Å². The molecule has 0 saturated carbocycles. The van der Waals surface area contributed by atoms with Crippen molar-refractivity contribution in [1.29, 1.82) is 0 Å². The molecule has 0 aliphatic carbocycles. The summed E-state index contributed by atoms with van der Waals surface area (Å²) in [6.45, 7) is 2.63. The van der Waals surface area contributed by atoms with E-state index >= 15 is 0 Å². The van der Waals surface area contributed by atoms with Gasteiger partial charge in [-0.1, -0.05) is 0 Å². The summed E-state index contributed by atoms with van der Waals surface area (Å²) in [6, 6.07) is -0.250. The second kappa shape index (κ2) is 8.20. The number of thiazole rings is 1. The van der Waals surface area contributed by atoms with Gasteiger partial charge in [0.05, 0.1) is 17.3 Å². The summed E-state index contributed by atoms with van der Waals surface area (Å²) in [5, 5.41) is 2.46. The van der Waals surface area contributed by atoms with Crippen LogP contribution in [-0.4, -0.2) is 53.1 Å². The Bertz CT molecular complexity index is 1060. The van der Waals surface area contributed by atoms with Gasteiger partial charge in [0, 0.05) is 19.1 Å². The van der Waals surface area contributed by atoms with Gasteiger partial charge in [0.2, 0.25) is 16.0 Å². The Kier molecular flexibility index (Phi) is 6.28. The first-order chi connectivity index (χ1) is 14.2. The first kappa shape index (κ1) is 23.7. The Hall–Kier alpha value is -1.93. The van der Waals surface area contributed by atoms with Crippen LogP contribution in [0.3, 0.4) is 0 Å². The number of anilines is 1. The first-order valence-corrected chi connectivity index (χ1v) is 11.8. The average molecular weight is 486 g/mol. The minimum absolute atomic E-state index is 0.114. The van der Waals surface area contributed by atoms with Crippen LogP contribution in [0.5, 0.6) is 0 Å². The van der Waals surface area contributed by atoms with Gasteiger partial charge in [-0.2, -0.15) is 13.2 Å². The Labute approximate surface area is 179 Å². The smallest absolute Gasteiger partial charge is 0.351 e. The molecule has 2 aromatic heterocycles. The first-order valence-electron chi connectivity index (χ1n) is 9.18. The predicted molar refractivity (Wildman–Crippen MR) is 105 cm³/mol. The predicted octanol–water partition coefficient (Wildman–Crippen LogP) is 3.80. The molecule has 7 nitrogen and oxygen atoms in total. The zero-order chi connectivity index (χ0) is 23.2. The third-order valence-electron chi connectivity index (χ3n) is 4.62. The van der Waals surface area contributed by atoms with Gasteiger partial charge in [0.15, 0.2) is 17.2 Å². The van der Waals surface area contributed by atoms with Crippen LogP contribution < -0.4 is 5.32 Å². The lowest BCUT2D eigenvalue weighted by Gasteiger charge is -2.30. The van der Waals surface area contributed by atoms with Crippen LogP contribution in [0.25, 0.3) is 10.6 Å². The third kappa shape index (κ3) is 5.47. The molecule has 0 unspecified atom stereocenters. The van der Waals surface area contributed by atoms with Gasteiger partial charge >= 0.3 is 6.18 Å². The number of rotatable bonds is 5. The average Bonchev–Trinajstić information content (AvgIpc) is 3.09. The third-order valence-corrected chi connectivity index (χ3v) is 7.28. The van der Waals surface area contributed by atoms with Gasteiger partial charge < -0.3 is 5.32 Å². The van der Waals surface area contributed by atoms with Crippen LogP contribution >= 0.6 is 11.3 Å². The van der Waals surface area contributed by atoms with E-state index in [0.717, 1.165) is 26.3 Å². The SMILES string of the molecule is CC(C)(F)c1nc(C(F)(F)F)c(-c2nc(NC3CCN(S(C)(=O)=O)CC3)ncc2F)s1. The Morgan fingerprint density at radius 3 is 2.29 bits per heavy atom. The molecule has 0 aromatic carbocycles. The van der Waals surface area contributed by atoms with Crippen molar-refractivity contribution in [3.63, 3.8) is 0 Å². The largest absolute Gasteiger partial charge is 0.434 e. The van der Waals surface area contributed by atoms with Gasteiger partial charge in [0.1, 0.15) is 10.7 Å². The van der Waals surface area contributed by atoms with Crippen molar-refractivity contribution in [2.24, 2.45) is 0 Å². The number of nitrogens with one attached hydrogen (secondary N) is 1. The summed E-state index contributed by atoms with van der Waals surface area (Å²) in [5.74, 6) is -1.22. The van der Waals surface area contributed by atoms with E-state index in [9.17, 15) is 30.4 Å². The van der Waals surface area contributed by atoms with E-state index in [1.165, 1.54) is 4.31 Å². The zero-order valence-corrected chi connectivity index (χ0v) is 18.4. The maximum atomic E-state index is 14.4. The highest BCUT2D eigenvalue weighted by Crippen LogP contribution is 2.43. The summed E-state index contributed by atoms with van der Waals surface area (Å²) >= 11 is 0.381. The number of halogens is 5. The zero-order valence-electron chi connectivity index (χ0n) is 16.8.